The average molecular weight is 252 g/mol. The molecule has 0 aliphatic heterocycles. The summed E-state index contributed by atoms with van der Waals surface area (Å²) in [5, 5.41) is -0.848. The van der Waals surface area contributed by atoms with Crippen molar-refractivity contribution in [3.8, 4) is 0 Å². The maximum Gasteiger partial charge on any atom is 0.145 e. The fourth-order valence-corrected chi connectivity index (χ4v) is 3.44. The fourth-order valence-electron chi connectivity index (χ4n) is 1.41. The summed E-state index contributed by atoms with van der Waals surface area (Å²) in [7, 11) is 0. The van der Waals surface area contributed by atoms with E-state index in [9.17, 15) is 0 Å². The van der Waals surface area contributed by atoms with Gasteiger partial charge in [-0.25, -0.2) is 0 Å². The van der Waals surface area contributed by atoms with Crippen LogP contribution in [0.2, 0.25) is 0 Å². The van der Waals surface area contributed by atoms with Crippen LogP contribution in [0.1, 0.15) is 0 Å². The van der Waals surface area contributed by atoms with E-state index in [-0.39, 0.29) is 18.5 Å². The van der Waals surface area contributed by atoms with Crippen molar-refractivity contribution < 1.29 is 0 Å². The van der Waals surface area contributed by atoms with E-state index in [1.807, 2.05) is 0 Å². The van der Waals surface area contributed by atoms with Crippen LogP contribution in [-0.2, 0) is 0 Å². The lowest BCUT2D eigenvalue weighted by atomic mass is 9.66. The zero-order valence-electron chi connectivity index (χ0n) is 6.24. The molecular formula is C6H10Cl4N2. The molecule has 0 radical (unpaired) electrons. The maximum atomic E-state index is 5.96. The van der Waals surface area contributed by atoms with E-state index in [1.165, 1.54) is 0 Å². The van der Waals surface area contributed by atoms with Crippen LogP contribution >= 0.6 is 46.4 Å². The van der Waals surface area contributed by atoms with Crippen LogP contribution in [0.3, 0.4) is 0 Å². The normalized spacial score (nSPS) is 37.5. The van der Waals surface area contributed by atoms with Gasteiger partial charge in [0.15, 0.2) is 0 Å². The molecule has 2 unspecified atom stereocenters. The van der Waals surface area contributed by atoms with Crippen LogP contribution in [-0.4, -0.2) is 28.2 Å². The second-order valence-corrected chi connectivity index (χ2v) is 5.32. The summed E-state index contributed by atoms with van der Waals surface area (Å²) in [6.07, 6.45) is 0. The van der Waals surface area contributed by atoms with Crippen LogP contribution in [0.4, 0.5) is 0 Å². The Morgan fingerprint density at radius 2 is 1.42 bits per heavy atom. The Bertz CT molecular complexity index is 180. The van der Waals surface area contributed by atoms with Gasteiger partial charge in [-0.05, 0) is 0 Å². The Morgan fingerprint density at radius 1 is 1.00 bits per heavy atom. The minimum absolute atomic E-state index is 0.244. The van der Waals surface area contributed by atoms with E-state index in [4.69, 9.17) is 57.9 Å². The highest BCUT2D eigenvalue weighted by atomic mass is 35.5. The van der Waals surface area contributed by atoms with Crippen molar-refractivity contribution in [3.63, 3.8) is 0 Å². The number of nitrogens with two attached hydrogens (primary N) is 2. The van der Waals surface area contributed by atoms with Gasteiger partial charge in [0.1, 0.15) is 4.33 Å². The van der Waals surface area contributed by atoms with Gasteiger partial charge in [0.25, 0.3) is 0 Å². The van der Waals surface area contributed by atoms with E-state index in [2.05, 4.69) is 0 Å². The third-order valence-electron chi connectivity index (χ3n) is 2.52. The second kappa shape index (κ2) is 3.34. The lowest BCUT2D eigenvalue weighted by Gasteiger charge is -2.58. The Balaban J connectivity index is 2.90. The third-order valence-corrected chi connectivity index (χ3v) is 5.35. The first-order valence-electron chi connectivity index (χ1n) is 3.50. The first-order valence-corrected chi connectivity index (χ1v) is 5.13. The van der Waals surface area contributed by atoms with E-state index in [1.54, 1.807) is 0 Å². The molecule has 4 N–H and O–H groups in total. The van der Waals surface area contributed by atoms with Crippen LogP contribution in [0.15, 0.2) is 0 Å². The summed E-state index contributed by atoms with van der Waals surface area (Å²) in [6, 6.07) is 0. The molecule has 0 aromatic rings. The summed E-state index contributed by atoms with van der Waals surface area (Å²) in [4.78, 5) is 0. The van der Waals surface area contributed by atoms with Crippen molar-refractivity contribution in [1.29, 1.82) is 0 Å². The molecule has 0 aromatic heterocycles. The second-order valence-electron chi connectivity index (χ2n) is 2.99. The number of halogens is 4. The van der Waals surface area contributed by atoms with Crippen LogP contribution < -0.4 is 11.5 Å². The Labute approximate surface area is 91.5 Å². The molecule has 2 atom stereocenters. The third kappa shape index (κ3) is 1.09. The van der Waals surface area contributed by atoms with Gasteiger partial charge in [-0.15, -0.1) is 23.2 Å². The summed E-state index contributed by atoms with van der Waals surface area (Å²) in [6.45, 7) is 0.488. The van der Waals surface area contributed by atoms with Crippen LogP contribution in [0.5, 0.6) is 0 Å². The van der Waals surface area contributed by atoms with Gasteiger partial charge in [-0.1, -0.05) is 23.2 Å². The molecule has 1 fully saturated rings. The molecule has 0 heterocycles. The highest BCUT2D eigenvalue weighted by molar-refractivity contribution is 6.56. The van der Waals surface area contributed by atoms with Gasteiger partial charge in [-0.2, -0.15) is 0 Å². The predicted molar refractivity (Wildman–Crippen MR) is 54.3 cm³/mol. The minimum Gasteiger partial charge on any atom is -0.330 e. The fraction of sp³-hybridized carbons (Fsp3) is 1.00. The van der Waals surface area contributed by atoms with E-state index >= 15 is 0 Å². The molecule has 0 spiro atoms. The summed E-state index contributed by atoms with van der Waals surface area (Å²) in [5.74, 6) is 0. The van der Waals surface area contributed by atoms with Crippen molar-refractivity contribution in [2.75, 3.05) is 13.1 Å². The van der Waals surface area contributed by atoms with Crippen LogP contribution in [0.25, 0.3) is 0 Å². The van der Waals surface area contributed by atoms with Gasteiger partial charge >= 0.3 is 0 Å². The van der Waals surface area contributed by atoms with Gasteiger partial charge in [0.2, 0.25) is 0 Å². The minimum atomic E-state index is -1.11. The highest BCUT2D eigenvalue weighted by Gasteiger charge is 2.69. The topological polar surface area (TPSA) is 52.0 Å². The number of hydrogen-bond donors (Lipinski definition) is 2. The molecule has 1 rings (SSSR count). The van der Waals surface area contributed by atoms with Gasteiger partial charge in [0, 0.05) is 18.5 Å². The quantitative estimate of drug-likeness (QED) is 0.727. The number of hydrogen-bond acceptors (Lipinski definition) is 2. The summed E-state index contributed by atoms with van der Waals surface area (Å²) >= 11 is 23.7. The first kappa shape index (κ1) is 11.2. The lowest BCUT2D eigenvalue weighted by Crippen LogP contribution is -2.73. The Hall–Kier alpha value is 1.08. The molecule has 72 valence electrons. The Morgan fingerprint density at radius 3 is 1.58 bits per heavy atom. The molecule has 1 saturated carbocycles. The summed E-state index contributed by atoms with van der Waals surface area (Å²) in [5.41, 5.74) is 10.4. The van der Waals surface area contributed by atoms with Gasteiger partial charge in [-0.3, -0.25) is 0 Å². The van der Waals surface area contributed by atoms with Crippen molar-refractivity contribution in [1.82, 2.24) is 0 Å². The zero-order valence-corrected chi connectivity index (χ0v) is 9.26. The maximum absolute atomic E-state index is 5.96. The molecule has 1 aliphatic carbocycles. The Kier molecular flexibility index (Phi) is 3.10. The monoisotopic (exact) mass is 250 g/mol. The average Bonchev–Trinajstić information content (AvgIpc) is 2.05. The zero-order chi connectivity index (χ0) is 9.57. The molecule has 6 heteroatoms. The molecular weight excluding hydrogens is 242 g/mol. The standard InChI is InChI=1S/C6H10Cl4N2/c7-3-4(8)6(9,10)5(3,1-11)2-12/h3-4H,1-2,11-12H2. The van der Waals surface area contributed by atoms with Crippen molar-refractivity contribution >= 4 is 46.4 Å². The van der Waals surface area contributed by atoms with Gasteiger partial charge < -0.3 is 11.5 Å². The number of rotatable bonds is 2. The molecule has 0 bridgehead atoms. The molecule has 0 amide bonds. The van der Waals surface area contributed by atoms with Crippen molar-refractivity contribution in [3.05, 3.63) is 0 Å². The van der Waals surface area contributed by atoms with Crippen molar-refractivity contribution in [2.45, 2.75) is 15.1 Å². The van der Waals surface area contributed by atoms with Gasteiger partial charge in [0.05, 0.1) is 10.8 Å². The smallest absolute Gasteiger partial charge is 0.145 e. The molecule has 12 heavy (non-hydrogen) atoms. The largest absolute Gasteiger partial charge is 0.330 e. The molecule has 2 nitrogen and oxygen atoms in total. The SMILES string of the molecule is NCC1(CN)C(Cl)C(Cl)C1(Cl)Cl. The van der Waals surface area contributed by atoms with Crippen molar-refractivity contribution in [2.24, 2.45) is 16.9 Å². The highest BCUT2D eigenvalue weighted by Crippen LogP contribution is 2.60. The molecule has 0 saturated heterocycles. The number of alkyl halides is 4. The lowest BCUT2D eigenvalue weighted by molar-refractivity contribution is 0.150. The van der Waals surface area contributed by atoms with E-state index in [0.717, 1.165) is 0 Å². The molecule has 1 aliphatic rings. The predicted octanol–water partition coefficient (Wildman–Crippen LogP) is 1.29. The van der Waals surface area contributed by atoms with Crippen LogP contribution in [0, 0.1) is 5.41 Å². The first-order chi connectivity index (χ1) is 5.44. The van der Waals surface area contributed by atoms with E-state index < -0.39 is 15.1 Å². The van der Waals surface area contributed by atoms with E-state index in [0.29, 0.717) is 0 Å². The summed E-state index contributed by atoms with van der Waals surface area (Å²) < 4.78 is -1.11. The molecule has 0 aromatic carbocycles.